The van der Waals surface area contributed by atoms with E-state index in [1.165, 1.54) is 6.20 Å². The lowest BCUT2D eigenvalue weighted by Crippen LogP contribution is -2.50. The van der Waals surface area contributed by atoms with Gasteiger partial charge < -0.3 is 10.3 Å². The van der Waals surface area contributed by atoms with Gasteiger partial charge in [0, 0.05) is 69.2 Å². The van der Waals surface area contributed by atoms with Crippen LogP contribution < -0.4 is 5.73 Å². The summed E-state index contributed by atoms with van der Waals surface area (Å²) in [7, 11) is 0. The van der Waals surface area contributed by atoms with Gasteiger partial charge in [0.05, 0.1) is 11.3 Å². The lowest BCUT2D eigenvalue weighted by Gasteiger charge is -2.38. The van der Waals surface area contributed by atoms with Crippen molar-refractivity contribution >= 4 is 5.82 Å². The van der Waals surface area contributed by atoms with Gasteiger partial charge >= 0.3 is 6.18 Å². The lowest BCUT2D eigenvalue weighted by atomic mass is 10.1. The molecule has 0 radical (unpaired) electrons. The summed E-state index contributed by atoms with van der Waals surface area (Å²) in [6.45, 7) is 8.33. The van der Waals surface area contributed by atoms with Crippen LogP contribution in [0.1, 0.15) is 44.1 Å². The Balaban J connectivity index is 1.31. The molecule has 1 aliphatic heterocycles. The zero-order valence-electron chi connectivity index (χ0n) is 20.3. The van der Waals surface area contributed by atoms with Crippen molar-refractivity contribution in [2.45, 2.75) is 51.4 Å². The fraction of sp³-hybridized carbons (Fsp3) is 0.680. The van der Waals surface area contributed by atoms with E-state index in [4.69, 9.17) is 10.7 Å². The summed E-state index contributed by atoms with van der Waals surface area (Å²) in [4.78, 5) is 13.3. The first kappa shape index (κ1) is 24.5. The summed E-state index contributed by atoms with van der Waals surface area (Å²) in [5, 5.41) is 0. The molecular formula is C25H34F4N6. The predicted octanol–water partition coefficient (Wildman–Crippen LogP) is 4.28. The molecule has 3 aliphatic rings. The monoisotopic (exact) mass is 494 g/mol. The number of rotatable bonds is 7. The number of pyridine rings is 1. The summed E-state index contributed by atoms with van der Waals surface area (Å²) >= 11 is 0. The third-order valence-corrected chi connectivity index (χ3v) is 7.94. The van der Waals surface area contributed by atoms with Gasteiger partial charge in [0.2, 0.25) is 0 Å². The van der Waals surface area contributed by atoms with Gasteiger partial charge in [0.15, 0.2) is 0 Å². The minimum Gasteiger partial charge on any atom is -0.383 e. The number of hydrogen-bond donors (Lipinski definition) is 1. The van der Waals surface area contributed by atoms with Crippen molar-refractivity contribution < 1.29 is 17.6 Å². The number of piperazine rings is 1. The largest absolute Gasteiger partial charge is 0.419 e. The fourth-order valence-corrected chi connectivity index (χ4v) is 6.15. The molecule has 0 aromatic carbocycles. The molecule has 2 saturated carbocycles. The van der Waals surface area contributed by atoms with Crippen LogP contribution in [0.4, 0.5) is 23.4 Å². The van der Waals surface area contributed by atoms with Crippen LogP contribution in [0.3, 0.4) is 0 Å². The molecule has 2 aromatic heterocycles. The maximum absolute atomic E-state index is 13.4. The first-order chi connectivity index (χ1) is 16.7. The minimum absolute atomic E-state index is 0.287. The van der Waals surface area contributed by atoms with E-state index in [0.29, 0.717) is 47.6 Å². The Morgan fingerprint density at radius 3 is 2.40 bits per heavy atom. The second kappa shape index (κ2) is 9.35. The summed E-state index contributed by atoms with van der Waals surface area (Å²) in [6, 6.07) is 1.99. The van der Waals surface area contributed by atoms with Crippen LogP contribution >= 0.6 is 0 Å². The molecule has 1 saturated heterocycles. The number of hydrogen-bond acceptors (Lipinski definition) is 5. The molecule has 0 spiro atoms. The van der Waals surface area contributed by atoms with Crippen molar-refractivity contribution in [3.8, 4) is 11.3 Å². The Kier molecular flexibility index (Phi) is 6.54. The van der Waals surface area contributed by atoms with Crippen LogP contribution in [0.15, 0.2) is 18.5 Å². The zero-order chi connectivity index (χ0) is 24.9. The highest BCUT2D eigenvalue weighted by Gasteiger charge is 2.58. The molecule has 10 heteroatoms. The van der Waals surface area contributed by atoms with E-state index < -0.39 is 17.6 Å². The number of halogens is 4. The van der Waals surface area contributed by atoms with Crippen LogP contribution in [0.2, 0.25) is 0 Å². The Bertz CT molecular complexity index is 1030. The number of nitrogens with zero attached hydrogens (tertiary/aromatic N) is 5. The van der Waals surface area contributed by atoms with Gasteiger partial charge in [-0.3, -0.25) is 9.80 Å². The van der Waals surface area contributed by atoms with Crippen LogP contribution in [0.25, 0.3) is 11.3 Å². The SMILES string of the molecule is CC(C)Cc1nc(-c2cnc(N)c(C(F)(F)F)c2)cn1C1C2CC(N3CCN(CCF)CC3)CC21. The topological polar surface area (TPSA) is 63.2 Å². The van der Waals surface area contributed by atoms with Crippen molar-refractivity contribution in [1.29, 1.82) is 0 Å². The van der Waals surface area contributed by atoms with E-state index in [1.54, 1.807) is 0 Å². The maximum atomic E-state index is 13.4. The van der Waals surface area contributed by atoms with Gasteiger partial charge in [-0.25, -0.2) is 14.4 Å². The van der Waals surface area contributed by atoms with Gasteiger partial charge in [0.25, 0.3) is 0 Å². The normalized spacial score (nSPS) is 27.5. The number of fused-ring (bicyclic) bond motifs is 1. The standard InChI is InChI=1S/C25H34F4N6/c1-15(2)9-22-32-21(16-10-20(25(27,28)29)24(30)31-13-16)14-35(22)23-18-11-17(12-19(18)23)34-7-5-33(4-3-26)6-8-34/h10,13-15,17-19,23H,3-9,11-12H2,1-2H3,(H2,30,31). The van der Waals surface area contributed by atoms with Gasteiger partial charge in [-0.2, -0.15) is 13.2 Å². The zero-order valence-corrected chi connectivity index (χ0v) is 20.3. The van der Waals surface area contributed by atoms with E-state index in [1.807, 2.05) is 6.20 Å². The van der Waals surface area contributed by atoms with Crippen molar-refractivity contribution in [2.24, 2.45) is 17.8 Å². The fourth-order valence-electron chi connectivity index (χ4n) is 6.15. The predicted molar refractivity (Wildman–Crippen MR) is 126 cm³/mol. The lowest BCUT2D eigenvalue weighted by molar-refractivity contribution is -0.137. The molecule has 5 rings (SSSR count). The molecular weight excluding hydrogens is 460 g/mol. The second-order valence-corrected chi connectivity index (χ2v) is 10.7. The first-order valence-corrected chi connectivity index (χ1v) is 12.6. The van der Waals surface area contributed by atoms with E-state index in [9.17, 15) is 17.6 Å². The molecule has 2 unspecified atom stereocenters. The minimum atomic E-state index is -4.56. The molecule has 2 atom stereocenters. The first-order valence-electron chi connectivity index (χ1n) is 12.6. The van der Waals surface area contributed by atoms with Crippen LogP contribution in [0, 0.1) is 17.8 Å². The summed E-state index contributed by atoms with van der Waals surface area (Å²) in [5.74, 6) is 1.94. The summed E-state index contributed by atoms with van der Waals surface area (Å²) in [5.41, 5.74) is 5.42. The number of anilines is 1. The molecule has 2 aromatic rings. The van der Waals surface area contributed by atoms with E-state index in [-0.39, 0.29) is 6.67 Å². The Morgan fingerprint density at radius 2 is 1.80 bits per heavy atom. The maximum Gasteiger partial charge on any atom is 0.419 e. The average Bonchev–Trinajstić information content (AvgIpc) is 3.10. The molecule has 0 bridgehead atoms. The van der Waals surface area contributed by atoms with Crippen molar-refractivity contribution in [1.82, 2.24) is 24.3 Å². The molecule has 35 heavy (non-hydrogen) atoms. The Hall–Kier alpha value is -2.20. The second-order valence-electron chi connectivity index (χ2n) is 10.7. The molecule has 0 amide bonds. The molecule has 2 N–H and O–H groups in total. The van der Waals surface area contributed by atoms with Gasteiger partial charge in [0.1, 0.15) is 18.3 Å². The Morgan fingerprint density at radius 1 is 1.11 bits per heavy atom. The van der Waals surface area contributed by atoms with Crippen LogP contribution in [-0.2, 0) is 12.6 Å². The van der Waals surface area contributed by atoms with E-state index in [0.717, 1.165) is 57.3 Å². The molecule has 2 aliphatic carbocycles. The quantitative estimate of drug-likeness (QED) is 0.582. The van der Waals surface area contributed by atoms with Crippen LogP contribution in [-0.4, -0.2) is 69.8 Å². The number of imidazole rings is 1. The average molecular weight is 495 g/mol. The van der Waals surface area contributed by atoms with Crippen molar-refractivity contribution in [3.05, 3.63) is 29.8 Å². The molecule has 3 heterocycles. The van der Waals surface area contributed by atoms with Gasteiger partial charge in [-0.15, -0.1) is 0 Å². The third-order valence-electron chi connectivity index (χ3n) is 7.94. The number of nitrogen functional groups attached to an aromatic ring is 1. The molecule has 192 valence electrons. The molecule has 3 fully saturated rings. The Labute approximate surface area is 203 Å². The van der Waals surface area contributed by atoms with Gasteiger partial charge in [-0.05, 0) is 36.7 Å². The third kappa shape index (κ3) is 4.91. The van der Waals surface area contributed by atoms with Crippen molar-refractivity contribution in [2.75, 3.05) is 45.1 Å². The van der Waals surface area contributed by atoms with Crippen LogP contribution in [0.5, 0.6) is 0 Å². The van der Waals surface area contributed by atoms with Crippen molar-refractivity contribution in [3.63, 3.8) is 0 Å². The van der Waals surface area contributed by atoms with E-state index in [2.05, 4.69) is 33.2 Å². The van der Waals surface area contributed by atoms with E-state index >= 15 is 0 Å². The highest BCUT2D eigenvalue weighted by Crippen LogP contribution is 2.62. The number of alkyl halides is 4. The molecule has 6 nitrogen and oxygen atoms in total. The van der Waals surface area contributed by atoms with Gasteiger partial charge in [-0.1, -0.05) is 13.8 Å². The number of nitrogens with two attached hydrogens (primary N) is 1. The highest BCUT2D eigenvalue weighted by atomic mass is 19.4. The highest BCUT2D eigenvalue weighted by molar-refractivity contribution is 5.62. The number of aromatic nitrogens is 3. The smallest absolute Gasteiger partial charge is 0.383 e. The summed E-state index contributed by atoms with van der Waals surface area (Å²) < 4.78 is 55.0. The summed E-state index contributed by atoms with van der Waals surface area (Å²) in [6.07, 6.45) is 1.77.